The maximum Gasteiger partial charge on any atom is 0.155 e. The smallest absolute Gasteiger partial charge is 0.155 e. The molecule has 0 fully saturated rings. The van der Waals surface area contributed by atoms with Gasteiger partial charge in [-0.15, -0.1) is 0 Å². The van der Waals surface area contributed by atoms with Crippen molar-refractivity contribution in [2.45, 2.75) is 38.4 Å². The first kappa shape index (κ1) is 14.0. The monoisotopic (exact) mass is 255 g/mol. The lowest BCUT2D eigenvalue weighted by Crippen LogP contribution is -2.30. The minimum atomic E-state index is -3.00. The second-order valence-electron chi connectivity index (χ2n) is 5.28. The van der Waals surface area contributed by atoms with Crippen molar-refractivity contribution in [1.29, 1.82) is 0 Å². The molecule has 1 aromatic rings. The van der Waals surface area contributed by atoms with E-state index >= 15 is 0 Å². The Balaban J connectivity index is 2.52. The molecule has 0 aliphatic rings. The summed E-state index contributed by atoms with van der Waals surface area (Å²) in [5.74, 6) is 0.237. The van der Waals surface area contributed by atoms with E-state index in [9.17, 15) is 8.42 Å². The van der Waals surface area contributed by atoms with Crippen molar-refractivity contribution in [2.75, 3.05) is 11.5 Å². The highest BCUT2D eigenvalue weighted by Crippen LogP contribution is 2.17. The van der Waals surface area contributed by atoms with Crippen LogP contribution in [-0.2, 0) is 16.3 Å². The van der Waals surface area contributed by atoms with Gasteiger partial charge in [-0.3, -0.25) is 0 Å². The molecule has 4 heteroatoms. The zero-order valence-corrected chi connectivity index (χ0v) is 11.5. The average molecular weight is 255 g/mol. The quantitative estimate of drug-likeness (QED) is 0.840. The van der Waals surface area contributed by atoms with E-state index in [0.29, 0.717) is 6.42 Å². The van der Waals surface area contributed by atoms with Crippen molar-refractivity contribution in [1.82, 2.24) is 0 Å². The summed E-state index contributed by atoms with van der Waals surface area (Å²) in [5, 5.41) is 0. The molecule has 0 bridgehead atoms. The van der Waals surface area contributed by atoms with Crippen LogP contribution < -0.4 is 5.73 Å². The van der Waals surface area contributed by atoms with Gasteiger partial charge >= 0.3 is 0 Å². The molecule has 1 rings (SSSR count). The van der Waals surface area contributed by atoms with E-state index in [1.54, 1.807) is 20.8 Å². The van der Waals surface area contributed by atoms with Gasteiger partial charge in [0, 0.05) is 5.69 Å². The fourth-order valence-electron chi connectivity index (χ4n) is 1.46. The van der Waals surface area contributed by atoms with Crippen LogP contribution in [-0.4, -0.2) is 18.9 Å². The van der Waals surface area contributed by atoms with Crippen molar-refractivity contribution in [3.05, 3.63) is 29.8 Å². The summed E-state index contributed by atoms with van der Waals surface area (Å²) in [6.07, 6.45) is 1.43. The fourth-order valence-corrected chi connectivity index (χ4v) is 2.59. The minimum absolute atomic E-state index is 0.237. The molecule has 0 heterocycles. The van der Waals surface area contributed by atoms with Gasteiger partial charge in [0.05, 0.1) is 10.5 Å². The molecule has 0 aliphatic heterocycles. The number of nitrogens with two attached hydrogens (primary N) is 1. The number of aryl methyl sites for hydroxylation is 1. The topological polar surface area (TPSA) is 60.2 Å². The molecule has 0 radical (unpaired) electrons. The fraction of sp³-hybridized carbons (Fsp3) is 0.538. The lowest BCUT2D eigenvalue weighted by atomic mass is 10.1. The van der Waals surface area contributed by atoms with E-state index in [1.165, 1.54) is 0 Å². The summed E-state index contributed by atoms with van der Waals surface area (Å²) in [7, 11) is -3.00. The molecule has 0 unspecified atom stereocenters. The highest BCUT2D eigenvalue weighted by Gasteiger charge is 2.27. The first-order valence-electron chi connectivity index (χ1n) is 5.79. The molecule has 0 atom stereocenters. The third-order valence-electron chi connectivity index (χ3n) is 2.79. The number of nitrogen functional groups attached to an aromatic ring is 1. The normalized spacial score (nSPS) is 12.6. The molecule has 3 nitrogen and oxygen atoms in total. The van der Waals surface area contributed by atoms with Gasteiger partial charge in [0.2, 0.25) is 0 Å². The zero-order valence-electron chi connectivity index (χ0n) is 10.7. The Bertz CT molecular complexity index is 455. The van der Waals surface area contributed by atoms with Crippen molar-refractivity contribution >= 4 is 15.5 Å². The van der Waals surface area contributed by atoms with Crippen molar-refractivity contribution < 1.29 is 8.42 Å². The molecule has 2 N–H and O–H groups in total. The first-order chi connectivity index (χ1) is 7.72. The highest BCUT2D eigenvalue weighted by molar-refractivity contribution is 7.92. The number of benzene rings is 1. The van der Waals surface area contributed by atoms with Crippen LogP contribution in [0.15, 0.2) is 24.3 Å². The van der Waals surface area contributed by atoms with E-state index in [4.69, 9.17) is 5.73 Å². The predicted octanol–water partition coefficient (Wildman–Crippen LogP) is 2.41. The molecule has 1 aromatic carbocycles. The highest BCUT2D eigenvalue weighted by atomic mass is 32.2. The molecular weight excluding hydrogens is 234 g/mol. The van der Waals surface area contributed by atoms with Gasteiger partial charge in [0.1, 0.15) is 0 Å². The Morgan fingerprint density at radius 1 is 1.12 bits per heavy atom. The Morgan fingerprint density at radius 3 is 2.12 bits per heavy atom. The Kier molecular flexibility index (Phi) is 4.20. The van der Waals surface area contributed by atoms with Crippen molar-refractivity contribution in [3.8, 4) is 0 Å². The number of hydrogen-bond acceptors (Lipinski definition) is 3. The van der Waals surface area contributed by atoms with Gasteiger partial charge in [-0.2, -0.15) is 0 Å². The van der Waals surface area contributed by atoms with E-state index in [-0.39, 0.29) is 5.75 Å². The lowest BCUT2D eigenvalue weighted by molar-refractivity contribution is 0.557. The van der Waals surface area contributed by atoms with Crippen LogP contribution in [0.25, 0.3) is 0 Å². The van der Waals surface area contributed by atoms with E-state index in [1.807, 2.05) is 24.3 Å². The maximum absolute atomic E-state index is 11.9. The van der Waals surface area contributed by atoms with Gasteiger partial charge in [0.25, 0.3) is 0 Å². The summed E-state index contributed by atoms with van der Waals surface area (Å²) in [6.45, 7) is 5.22. The average Bonchev–Trinajstić information content (AvgIpc) is 2.19. The molecule has 0 spiro atoms. The molecule has 0 aromatic heterocycles. The standard InChI is InChI=1S/C13H21NO2S/c1-13(2,3)17(15,16)10-4-5-11-6-8-12(14)9-7-11/h6-9H,4-5,10,14H2,1-3H3. The van der Waals surface area contributed by atoms with Crippen LogP contribution in [0.4, 0.5) is 5.69 Å². The van der Waals surface area contributed by atoms with Crippen molar-refractivity contribution in [3.63, 3.8) is 0 Å². The third kappa shape index (κ3) is 4.04. The molecule has 17 heavy (non-hydrogen) atoms. The molecule has 0 amide bonds. The second-order valence-corrected chi connectivity index (χ2v) is 8.14. The van der Waals surface area contributed by atoms with E-state index in [2.05, 4.69) is 0 Å². The number of rotatable bonds is 4. The van der Waals surface area contributed by atoms with Crippen LogP contribution in [0.1, 0.15) is 32.8 Å². The molecule has 0 aliphatic carbocycles. The largest absolute Gasteiger partial charge is 0.399 e. The van der Waals surface area contributed by atoms with Crippen LogP contribution in [0.3, 0.4) is 0 Å². The molecule has 96 valence electrons. The summed E-state index contributed by atoms with van der Waals surface area (Å²) in [5.41, 5.74) is 7.45. The van der Waals surface area contributed by atoms with Crippen molar-refractivity contribution in [2.24, 2.45) is 0 Å². The van der Waals surface area contributed by atoms with Crippen LogP contribution in [0, 0.1) is 0 Å². The summed E-state index contributed by atoms with van der Waals surface area (Å²) < 4.78 is 23.1. The third-order valence-corrected chi connectivity index (χ3v) is 5.48. The lowest BCUT2D eigenvalue weighted by Gasteiger charge is -2.18. The number of sulfone groups is 1. The van der Waals surface area contributed by atoms with Gasteiger partial charge < -0.3 is 5.73 Å². The summed E-state index contributed by atoms with van der Waals surface area (Å²) >= 11 is 0. The maximum atomic E-state index is 11.9. The Hall–Kier alpha value is -1.03. The van der Waals surface area contributed by atoms with Crippen LogP contribution in [0.2, 0.25) is 0 Å². The Morgan fingerprint density at radius 2 is 1.65 bits per heavy atom. The zero-order chi connectivity index (χ0) is 13.1. The Labute approximate surface area is 104 Å². The summed E-state index contributed by atoms with van der Waals surface area (Å²) in [4.78, 5) is 0. The van der Waals surface area contributed by atoms with E-state index < -0.39 is 14.6 Å². The summed E-state index contributed by atoms with van der Waals surface area (Å²) in [6, 6.07) is 7.57. The number of anilines is 1. The number of hydrogen-bond donors (Lipinski definition) is 1. The van der Waals surface area contributed by atoms with Crippen LogP contribution in [0.5, 0.6) is 0 Å². The minimum Gasteiger partial charge on any atom is -0.399 e. The SMILES string of the molecule is CC(C)(C)S(=O)(=O)CCCc1ccc(N)cc1. The van der Waals surface area contributed by atoms with Gasteiger partial charge in [0.15, 0.2) is 9.84 Å². The molecule has 0 saturated heterocycles. The van der Waals surface area contributed by atoms with Gasteiger partial charge in [-0.05, 0) is 51.3 Å². The van der Waals surface area contributed by atoms with E-state index in [0.717, 1.165) is 17.7 Å². The molecular formula is C13H21NO2S. The molecule has 0 saturated carbocycles. The van der Waals surface area contributed by atoms with Crippen LogP contribution >= 0.6 is 0 Å². The van der Waals surface area contributed by atoms with Gasteiger partial charge in [-0.25, -0.2) is 8.42 Å². The second kappa shape index (κ2) is 5.08. The van der Waals surface area contributed by atoms with Gasteiger partial charge in [-0.1, -0.05) is 12.1 Å². The predicted molar refractivity (Wildman–Crippen MR) is 72.7 cm³/mol. The first-order valence-corrected chi connectivity index (χ1v) is 7.44.